The average molecular weight is 345 g/mol. The molecule has 4 aliphatic heterocycles. The van der Waals surface area contributed by atoms with Crippen molar-refractivity contribution in [2.24, 2.45) is 5.41 Å². The molecule has 2 N–H and O–H groups in total. The van der Waals surface area contributed by atoms with Gasteiger partial charge in [-0.3, -0.25) is 9.59 Å². The van der Waals surface area contributed by atoms with Gasteiger partial charge in [0.1, 0.15) is 5.60 Å². The van der Waals surface area contributed by atoms with E-state index in [0.29, 0.717) is 12.3 Å². The van der Waals surface area contributed by atoms with Crippen molar-refractivity contribution in [3.8, 4) is 0 Å². The van der Waals surface area contributed by atoms with Crippen molar-refractivity contribution >= 4 is 11.8 Å². The van der Waals surface area contributed by atoms with Crippen molar-refractivity contribution < 1.29 is 14.3 Å². The fourth-order valence-electron chi connectivity index (χ4n) is 5.45. The Labute approximate surface area is 145 Å². The molecule has 2 unspecified atom stereocenters. The van der Waals surface area contributed by atoms with Gasteiger partial charge in [-0.1, -0.05) is 6.92 Å². The standard InChI is InChI=1S/C17H23N5O3/c1-16-7-17(8-16,25-9-16)15(24)19-10-4-11-2-3-12(5-10)22(11)14(23)13-6-18-21-20-13/h6,10-12H,2-5,7-9H2,1H3,(H,19,24)(H,18,20,21). The van der Waals surface area contributed by atoms with Crippen LogP contribution >= 0.6 is 0 Å². The van der Waals surface area contributed by atoms with Crippen molar-refractivity contribution in [3.63, 3.8) is 0 Å². The van der Waals surface area contributed by atoms with Gasteiger partial charge in [0.15, 0.2) is 5.69 Å². The number of nitrogens with zero attached hydrogens (tertiary/aromatic N) is 3. The smallest absolute Gasteiger partial charge is 0.276 e. The molecule has 25 heavy (non-hydrogen) atoms. The zero-order valence-corrected chi connectivity index (χ0v) is 14.3. The minimum absolute atomic E-state index is 0.0446. The van der Waals surface area contributed by atoms with E-state index in [-0.39, 0.29) is 35.4 Å². The van der Waals surface area contributed by atoms with Gasteiger partial charge in [0.05, 0.1) is 12.8 Å². The van der Waals surface area contributed by atoms with Crippen LogP contribution in [-0.4, -0.2) is 62.5 Å². The maximum atomic E-state index is 12.7. The lowest BCUT2D eigenvalue weighted by Crippen LogP contribution is -2.59. The summed E-state index contributed by atoms with van der Waals surface area (Å²) in [5, 5.41) is 13.4. The quantitative estimate of drug-likeness (QED) is 0.837. The van der Waals surface area contributed by atoms with Crippen LogP contribution < -0.4 is 5.32 Å². The second-order valence-electron chi connectivity index (χ2n) is 8.54. The molecule has 0 aromatic carbocycles. The fraction of sp³-hybridized carbons (Fsp3) is 0.765. The second kappa shape index (κ2) is 5.03. The number of aromatic amines is 1. The molecular formula is C17H23N5O3. The third-order valence-corrected chi connectivity index (χ3v) is 6.47. The summed E-state index contributed by atoms with van der Waals surface area (Å²) in [6.07, 6.45) is 6.73. The molecule has 5 heterocycles. The van der Waals surface area contributed by atoms with Gasteiger partial charge >= 0.3 is 0 Å². The van der Waals surface area contributed by atoms with Gasteiger partial charge in [-0.25, -0.2) is 0 Å². The van der Waals surface area contributed by atoms with E-state index in [1.807, 2.05) is 4.90 Å². The lowest BCUT2D eigenvalue weighted by atomic mass is 9.63. The SMILES string of the molecule is CC12COC(C(=O)NC3CC4CCC(C3)N4C(=O)c3cn[nH]n3)(C1)C2. The molecule has 4 saturated heterocycles. The Bertz CT molecular complexity index is 698. The number of ether oxygens (including phenoxy) is 1. The summed E-state index contributed by atoms with van der Waals surface area (Å²) in [7, 11) is 0. The van der Waals surface area contributed by atoms with Crippen LogP contribution in [0.4, 0.5) is 0 Å². The normalized spacial score (nSPS) is 41.5. The van der Waals surface area contributed by atoms with E-state index in [9.17, 15) is 9.59 Å². The van der Waals surface area contributed by atoms with E-state index in [4.69, 9.17) is 4.74 Å². The Morgan fingerprint density at radius 1 is 1.32 bits per heavy atom. The molecule has 4 bridgehead atoms. The van der Waals surface area contributed by atoms with Gasteiger partial charge in [-0.2, -0.15) is 15.4 Å². The van der Waals surface area contributed by atoms with Gasteiger partial charge in [0.25, 0.3) is 11.8 Å². The van der Waals surface area contributed by atoms with Crippen molar-refractivity contribution in [2.45, 2.75) is 69.2 Å². The summed E-state index contributed by atoms with van der Waals surface area (Å²) >= 11 is 0. The summed E-state index contributed by atoms with van der Waals surface area (Å²) in [4.78, 5) is 27.3. The topological polar surface area (TPSA) is 100 Å². The number of nitrogens with one attached hydrogen (secondary N) is 2. The first-order chi connectivity index (χ1) is 12.0. The highest BCUT2D eigenvalue weighted by atomic mass is 16.5. The van der Waals surface area contributed by atoms with Crippen molar-refractivity contribution in [3.05, 3.63) is 11.9 Å². The molecule has 6 rings (SSSR count). The first kappa shape index (κ1) is 15.3. The van der Waals surface area contributed by atoms with Crippen LogP contribution in [0.15, 0.2) is 6.20 Å². The molecule has 2 amide bonds. The Kier molecular flexibility index (Phi) is 3.08. The molecule has 8 heteroatoms. The first-order valence-electron chi connectivity index (χ1n) is 9.11. The molecule has 5 aliphatic rings. The monoisotopic (exact) mass is 345 g/mol. The predicted molar refractivity (Wildman–Crippen MR) is 86.6 cm³/mol. The van der Waals surface area contributed by atoms with Crippen LogP contribution in [0.5, 0.6) is 0 Å². The Hall–Kier alpha value is -1.96. The molecule has 1 saturated carbocycles. The summed E-state index contributed by atoms with van der Waals surface area (Å²) in [6, 6.07) is 0.459. The van der Waals surface area contributed by atoms with E-state index in [0.717, 1.165) is 38.5 Å². The zero-order chi connectivity index (χ0) is 17.2. The van der Waals surface area contributed by atoms with Gasteiger partial charge in [0, 0.05) is 18.1 Å². The zero-order valence-electron chi connectivity index (χ0n) is 14.3. The van der Waals surface area contributed by atoms with Crippen LogP contribution in [0, 0.1) is 5.41 Å². The summed E-state index contributed by atoms with van der Waals surface area (Å²) in [5.41, 5.74) is -0.0167. The summed E-state index contributed by atoms with van der Waals surface area (Å²) in [5.74, 6) is -0.0124. The Morgan fingerprint density at radius 2 is 2.04 bits per heavy atom. The highest BCUT2D eigenvalue weighted by molar-refractivity contribution is 5.92. The van der Waals surface area contributed by atoms with Crippen molar-refractivity contribution in [2.75, 3.05) is 6.61 Å². The minimum atomic E-state index is -0.582. The van der Waals surface area contributed by atoms with Gasteiger partial charge in [0.2, 0.25) is 0 Å². The molecule has 0 radical (unpaired) electrons. The number of piperidine rings is 1. The molecule has 0 spiro atoms. The average Bonchev–Trinajstić information content (AvgIpc) is 3.29. The Morgan fingerprint density at radius 3 is 2.60 bits per heavy atom. The van der Waals surface area contributed by atoms with Gasteiger partial charge in [-0.15, -0.1) is 0 Å². The number of amides is 2. The highest BCUT2D eigenvalue weighted by Gasteiger charge is 2.64. The van der Waals surface area contributed by atoms with E-state index >= 15 is 0 Å². The van der Waals surface area contributed by atoms with E-state index in [1.54, 1.807) is 0 Å². The maximum Gasteiger partial charge on any atom is 0.276 e. The number of hydrogen-bond donors (Lipinski definition) is 2. The molecule has 1 aliphatic carbocycles. The molecule has 5 fully saturated rings. The lowest BCUT2D eigenvalue weighted by molar-refractivity contribution is -0.146. The number of hydrogen-bond acceptors (Lipinski definition) is 5. The maximum absolute atomic E-state index is 12.7. The third kappa shape index (κ3) is 2.23. The van der Waals surface area contributed by atoms with Gasteiger partial charge < -0.3 is 15.0 Å². The van der Waals surface area contributed by atoms with Crippen LogP contribution in [0.2, 0.25) is 0 Å². The first-order valence-corrected chi connectivity index (χ1v) is 9.11. The molecule has 1 aromatic heterocycles. The number of carbonyl (C=O) groups excluding carboxylic acids is 2. The van der Waals surface area contributed by atoms with E-state index in [2.05, 4.69) is 27.7 Å². The van der Waals surface area contributed by atoms with Crippen LogP contribution in [-0.2, 0) is 9.53 Å². The summed E-state index contributed by atoms with van der Waals surface area (Å²) < 4.78 is 5.80. The van der Waals surface area contributed by atoms with Gasteiger partial charge in [-0.05, 0) is 43.9 Å². The molecule has 2 atom stereocenters. The molecular weight excluding hydrogens is 322 g/mol. The van der Waals surface area contributed by atoms with Crippen LogP contribution in [0.1, 0.15) is 55.9 Å². The number of aromatic nitrogens is 3. The van der Waals surface area contributed by atoms with E-state index < -0.39 is 5.60 Å². The van der Waals surface area contributed by atoms with Crippen LogP contribution in [0.3, 0.4) is 0 Å². The Balaban J connectivity index is 1.25. The molecule has 8 nitrogen and oxygen atoms in total. The minimum Gasteiger partial charge on any atom is -0.365 e. The van der Waals surface area contributed by atoms with Crippen molar-refractivity contribution in [1.82, 2.24) is 25.6 Å². The molecule has 134 valence electrons. The number of carbonyl (C=O) groups is 2. The van der Waals surface area contributed by atoms with Crippen molar-refractivity contribution in [1.29, 1.82) is 0 Å². The largest absolute Gasteiger partial charge is 0.365 e. The highest BCUT2D eigenvalue weighted by Crippen LogP contribution is 2.57. The number of rotatable bonds is 3. The fourth-order valence-corrected chi connectivity index (χ4v) is 5.45. The number of fused-ring (bicyclic) bond motifs is 3. The third-order valence-electron chi connectivity index (χ3n) is 6.47. The second-order valence-corrected chi connectivity index (χ2v) is 8.54. The van der Waals surface area contributed by atoms with Crippen LogP contribution in [0.25, 0.3) is 0 Å². The number of H-pyrrole nitrogens is 1. The van der Waals surface area contributed by atoms with E-state index in [1.165, 1.54) is 6.20 Å². The molecule has 1 aromatic rings. The lowest BCUT2D eigenvalue weighted by Gasteiger charge is -2.43. The summed E-state index contributed by atoms with van der Waals surface area (Å²) in [6.45, 7) is 2.87. The predicted octanol–water partition coefficient (Wildman–Crippen LogP) is 0.626.